The van der Waals surface area contributed by atoms with Crippen molar-refractivity contribution in [3.8, 4) is 0 Å². The smallest absolute Gasteiger partial charge is 0.277 e. The van der Waals surface area contributed by atoms with Crippen molar-refractivity contribution < 1.29 is 14.0 Å². The maximum Gasteiger partial charge on any atom is 0.277 e. The minimum atomic E-state index is -0.663. The molecule has 0 atom stereocenters. The number of hydrogen-bond acceptors (Lipinski definition) is 5. The van der Waals surface area contributed by atoms with E-state index in [-0.39, 0.29) is 16.8 Å². The van der Waals surface area contributed by atoms with Crippen molar-refractivity contribution in [1.29, 1.82) is 0 Å². The van der Waals surface area contributed by atoms with Crippen LogP contribution < -0.4 is 16.3 Å². The van der Waals surface area contributed by atoms with Crippen LogP contribution in [0.1, 0.15) is 16.8 Å². The molecule has 0 bridgehead atoms. The summed E-state index contributed by atoms with van der Waals surface area (Å²) in [5.41, 5.74) is 3.88. The average Bonchev–Trinajstić information content (AvgIpc) is 3.06. The van der Waals surface area contributed by atoms with Crippen molar-refractivity contribution in [2.24, 2.45) is 7.05 Å². The fraction of sp³-hybridized carbons (Fsp3) is 0.263. The van der Waals surface area contributed by atoms with E-state index < -0.39 is 11.7 Å². The zero-order chi connectivity index (χ0) is 21.0. The van der Waals surface area contributed by atoms with Gasteiger partial charge in [0, 0.05) is 7.05 Å². The Hall–Kier alpha value is -2.23. The molecule has 0 unspecified atom stereocenters. The second-order valence-electron chi connectivity index (χ2n) is 6.33. The highest BCUT2D eigenvalue weighted by atomic mass is 35.5. The van der Waals surface area contributed by atoms with Crippen LogP contribution in [0.2, 0.25) is 5.02 Å². The quantitative estimate of drug-likeness (QED) is 0.325. The lowest BCUT2D eigenvalue weighted by molar-refractivity contribution is 0.0318. The molecule has 2 aromatic carbocycles. The van der Waals surface area contributed by atoms with Gasteiger partial charge in [-0.15, -0.1) is 0 Å². The minimum absolute atomic E-state index is 0.0481. The number of fused-ring (bicyclic) bond motifs is 1. The normalized spacial score (nSPS) is 11.0. The lowest BCUT2D eigenvalue weighted by Gasteiger charge is -2.15. The first-order valence-corrected chi connectivity index (χ1v) is 10.6. The fourth-order valence-electron chi connectivity index (χ4n) is 2.74. The summed E-state index contributed by atoms with van der Waals surface area (Å²) >= 11 is 7.89. The highest BCUT2D eigenvalue weighted by molar-refractivity contribution is 7.98. The van der Waals surface area contributed by atoms with E-state index >= 15 is 4.39 Å². The number of amides is 1. The number of aryl methyl sites for hydroxylation is 1. The van der Waals surface area contributed by atoms with Crippen molar-refractivity contribution in [2.75, 3.05) is 23.9 Å². The molecule has 0 aliphatic carbocycles. The number of thioether (sulfide) groups is 1. The molecule has 0 spiro atoms. The van der Waals surface area contributed by atoms with Crippen LogP contribution in [0, 0.1) is 5.82 Å². The maximum absolute atomic E-state index is 15.3. The lowest BCUT2D eigenvalue weighted by Crippen LogP contribution is -2.25. The summed E-state index contributed by atoms with van der Waals surface area (Å²) in [5, 5.41) is 3.19. The van der Waals surface area contributed by atoms with E-state index in [0.29, 0.717) is 28.3 Å². The van der Waals surface area contributed by atoms with Crippen molar-refractivity contribution >= 4 is 65.0 Å². The predicted octanol–water partition coefficient (Wildman–Crippen LogP) is 3.32. The van der Waals surface area contributed by atoms with Crippen LogP contribution in [-0.2, 0) is 11.9 Å². The van der Waals surface area contributed by atoms with E-state index in [2.05, 4.69) is 15.8 Å². The molecular formula is C19H19BClFN4O2S. The molecular weight excluding hydrogens is 414 g/mol. The van der Waals surface area contributed by atoms with Gasteiger partial charge in [0.15, 0.2) is 5.82 Å². The molecule has 0 aliphatic rings. The largest absolute Gasteiger partial charge is 0.351 e. The van der Waals surface area contributed by atoms with E-state index in [9.17, 15) is 4.79 Å². The number of benzene rings is 2. The van der Waals surface area contributed by atoms with Crippen LogP contribution in [0.3, 0.4) is 0 Å². The van der Waals surface area contributed by atoms with Gasteiger partial charge < -0.3 is 9.88 Å². The molecule has 0 saturated heterocycles. The summed E-state index contributed by atoms with van der Waals surface area (Å²) in [4.78, 5) is 22.0. The van der Waals surface area contributed by atoms with Gasteiger partial charge in [-0.1, -0.05) is 23.1 Å². The number of halogens is 2. The van der Waals surface area contributed by atoms with Crippen LogP contribution in [-0.4, -0.2) is 41.9 Å². The number of nitrogens with zero attached hydrogens (tertiary/aromatic N) is 2. The Kier molecular flexibility index (Phi) is 7.05. The summed E-state index contributed by atoms with van der Waals surface area (Å²) < 4.78 is 16.9. The number of hydroxylamine groups is 1. The number of imidazole rings is 1. The van der Waals surface area contributed by atoms with Gasteiger partial charge in [0.2, 0.25) is 0 Å². The number of anilines is 2. The number of carbonyl (C=O) groups excluding carboxylic acids is 1. The summed E-state index contributed by atoms with van der Waals surface area (Å²) in [6.45, 7) is 0.357. The first-order chi connectivity index (χ1) is 13.9. The molecule has 3 aromatic rings. The zero-order valence-corrected chi connectivity index (χ0v) is 17.5. The first-order valence-electron chi connectivity index (χ1n) is 8.79. The van der Waals surface area contributed by atoms with Crippen molar-refractivity contribution in [2.45, 2.75) is 6.42 Å². The Labute approximate surface area is 178 Å². The third kappa shape index (κ3) is 4.86. The second kappa shape index (κ2) is 9.52. The number of carbonyl (C=O) groups is 1. The van der Waals surface area contributed by atoms with Gasteiger partial charge in [0.05, 0.1) is 40.4 Å². The molecule has 0 aliphatic heterocycles. The Morgan fingerprint density at radius 2 is 2.21 bits per heavy atom. The molecule has 2 radical (unpaired) electrons. The highest BCUT2D eigenvalue weighted by Crippen LogP contribution is 2.32. The minimum Gasteiger partial charge on any atom is -0.351 e. The second-order valence-corrected chi connectivity index (χ2v) is 7.72. The van der Waals surface area contributed by atoms with Gasteiger partial charge >= 0.3 is 0 Å². The number of aromatic nitrogens is 2. The summed E-state index contributed by atoms with van der Waals surface area (Å²) in [6, 6.07) is 6.33. The van der Waals surface area contributed by atoms with Crippen LogP contribution >= 0.6 is 23.4 Å². The van der Waals surface area contributed by atoms with E-state index in [1.54, 1.807) is 41.6 Å². The van der Waals surface area contributed by atoms with E-state index in [4.69, 9.17) is 24.3 Å². The van der Waals surface area contributed by atoms with Crippen LogP contribution in [0.15, 0.2) is 30.6 Å². The van der Waals surface area contributed by atoms with E-state index in [1.165, 1.54) is 12.4 Å². The van der Waals surface area contributed by atoms with Crippen molar-refractivity contribution in [1.82, 2.24) is 15.0 Å². The zero-order valence-electron chi connectivity index (χ0n) is 16.0. The van der Waals surface area contributed by atoms with Crippen molar-refractivity contribution in [3.05, 3.63) is 47.0 Å². The molecule has 1 aromatic heterocycles. The topological polar surface area (TPSA) is 68.2 Å². The van der Waals surface area contributed by atoms with Crippen LogP contribution in [0.5, 0.6) is 0 Å². The van der Waals surface area contributed by atoms with Crippen LogP contribution in [0.25, 0.3) is 11.0 Å². The van der Waals surface area contributed by atoms with Crippen molar-refractivity contribution in [3.63, 3.8) is 0 Å². The molecule has 0 fully saturated rings. The Balaban J connectivity index is 1.96. The van der Waals surface area contributed by atoms with Crippen LogP contribution in [0.4, 0.5) is 15.8 Å². The predicted molar refractivity (Wildman–Crippen MR) is 117 cm³/mol. The molecule has 1 amide bonds. The first kappa shape index (κ1) is 21.5. The Bertz CT molecular complexity index is 1050. The molecule has 0 saturated carbocycles. The average molecular weight is 433 g/mol. The van der Waals surface area contributed by atoms with E-state index in [0.717, 1.165) is 12.2 Å². The van der Waals surface area contributed by atoms with Gasteiger partial charge in [-0.05, 0) is 36.6 Å². The molecule has 3 rings (SSSR count). The van der Waals surface area contributed by atoms with Gasteiger partial charge in [-0.2, -0.15) is 11.8 Å². The van der Waals surface area contributed by atoms with Gasteiger partial charge in [-0.25, -0.2) is 14.9 Å². The SMILES string of the molecule is [B]c1ccc(Nc2c(C(=O)NOCCCSC)cc3c(ncn3C)c2F)c(Cl)c1. The third-order valence-electron chi connectivity index (χ3n) is 4.22. The number of rotatable bonds is 8. The summed E-state index contributed by atoms with van der Waals surface area (Å²) in [7, 11) is 7.44. The summed E-state index contributed by atoms with van der Waals surface area (Å²) in [6.07, 6.45) is 4.25. The molecule has 29 heavy (non-hydrogen) atoms. The fourth-order valence-corrected chi connectivity index (χ4v) is 3.38. The number of nitrogens with one attached hydrogen (secondary N) is 2. The molecule has 2 N–H and O–H groups in total. The number of hydrogen-bond donors (Lipinski definition) is 2. The van der Waals surface area contributed by atoms with Gasteiger partial charge in [0.25, 0.3) is 5.91 Å². The van der Waals surface area contributed by atoms with E-state index in [1.807, 2.05) is 6.26 Å². The third-order valence-corrected chi connectivity index (χ3v) is 5.23. The Morgan fingerprint density at radius 3 is 2.93 bits per heavy atom. The Morgan fingerprint density at radius 1 is 1.41 bits per heavy atom. The molecule has 1 heterocycles. The lowest BCUT2D eigenvalue weighted by atomic mass is 9.96. The standard InChI is InChI=1S/C19H19BClFN4O2S/c1-26-10-23-18-15(26)9-12(19(27)25-28-6-3-7-29-2)17(16(18)22)24-14-5-4-11(20)8-13(14)21/h4-5,8-10,24H,3,6-7H2,1-2H3,(H,25,27). The maximum atomic E-state index is 15.3. The highest BCUT2D eigenvalue weighted by Gasteiger charge is 2.22. The molecule has 150 valence electrons. The molecule has 10 heteroatoms. The monoisotopic (exact) mass is 432 g/mol. The van der Waals surface area contributed by atoms with Gasteiger partial charge in [0.1, 0.15) is 13.4 Å². The van der Waals surface area contributed by atoms with Gasteiger partial charge in [-0.3, -0.25) is 9.63 Å². The molecule has 6 nitrogen and oxygen atoms in total. The summed E-state index contributed by atoms with van der Waals surface area (Å²) in [5.74, 6) is -0.331.